The van der Waals surface area contributed by atoms with Gasteiger partial charge in [0.1, 0.15) is 5.00 Å². The molecule has 0 saturated carbocycles. The fraction of sp³-hybridized carbons (Fsp3) is 0.154. The van der Waals surface area contributed by atoms with Crippen LogP contribution in [0.25, 0.3) is 10.9 Å². The Labute approximate surface area is 109 Å². The van der Waals surface area contributed by atoms with E-state index in [2.05, 4.69) is 25.7 Å². The van der Waals surface area contributed by atoms with Crippen LogP contribution in [0, 0.1) is 6.92 Å². The zero-order valence-electron chi connectivity index (χ0n) is 9.92. The van der Waals surface area contributed by atoms with Crippen LogP contribution in [0.2, 0.25) is 0 Å². The topological polar surface area (TPSA) is 50.7 Å². The van der Waals surface area contributed by atoms with Gasteiger partial charge in [-0.15, -0.1) is 0 Å². The summed E-state index contributed by atoms with van der Waals surface area (Å²) in [5.74, 6) is 0. The van der Waals surface area contributed by atoms with Gasteiger partial charge in [-0.2, -0.15) is 4.37 Å². The van der Waals surface area contributed by atoms with E-state index >= 15 is 0 Å². The number of aryl methyl sites for hydroxylation is 1. The zero-order valence-corrected chi connectivity index (χ0v) is 10.7. The van der Waals surface area contributed by atoms with Gasteiger partial charge in [0.25, 0.3) is 0 Å². The van der Waals surface area contributed by atoms with Gasteiger partial charge in [-0.25, -0.2) is 0 Å². The lowest BCUT2D eigenvalue weighted by Gasteiger charge is -2.03. The highest BCUT2D eigenvalue weighted by Gasteiger charge is 2.04. The summed E-state index contributed by atoms with van der Waals surface area (Å²) < 4.78 is 4.39. The van der Waals surface area contributed by atoms with Crippen molar-refractivity contribution in [3.05, 3.63) is 48.0 Å². The van der Waals surface area contributed by atoms with Gasteiger partial charge < -0.3 is 5.32 Å². The first-order chi connectivity index (χ1) is 8.83. The average Bonchev–Trinajstić information content (AvgIpc) is 2.82. The fourth-order valence-corrected chi connectivity index (χ4v) is 2.45. The number of nitrogens with zero attached hydrogens (tertiary/aromatic N) is 3. The molecule has 1 aromatic carbocycles. The van der Waals surface area contributed by atoms with Gasteiger partial charge in [0.05, 0.1) is 29.6 Å². The van der Waals surface area contributed by atoms with Gasteiger partial charge in [0, 0.05) is 11.6 Å². The molecule has 0 spiro atoms. The quantitative estimate of drug-likeness (QED) is 0.782. The van der Waals surface area contributed by atoms with Crippen LogP contribution in [0.3, 0.4) is 0 Å². The van der Waals surface area contributed by atoms with E-state index in [0.29, 0.717) is 6.54 Å². The predicted molar refractivity (Wildman–Crippen MR) is 73.7 cm³/mol. The number of hydrogen-bond donors (Lipinski definition) is 1. The zero-order chi connectivity index (χ0) is 12.4. The van der Waals surface area contributed by atoms with E-state index < -0.39 is 0 Å². The summed E-state index contributed by atoms with van der Waals surface area (Å²) >= 11 is 1.48. The SMILES string of the molecule is Cc1cnc(CNc2snc3ccccc23)cn1. The number of fused-ring (bicyclic) bond motifs is 1. The molecule has 1 N–H and O–H groups in total. The summed E-state index contributed by atoms with van der Waals surface area (Å²) in [7, 11) is 0. The van der Waals surface area contributed by atoms with E-state index in [1.54, 1.807) is 12.4 Å². The second-order valence-corrected chi connectivity index (χ2v) is 4.80. The number of aromatic nitrogens is 3. The molecule has 0 radical (unpaired) electrons. The van der Waals surface area contributed by atoms with E-state index in [1.807, 2.05) is 25.1 Å². The van der Waals surface area contributed by atoms with Gasteiger partial charge in [-0.05, 0) is 30.6 Å². The highest BCUT2D eigenvalue weighted by atomic mass is 32.1. The largest absolute Gasteiger partial charge is 0.369 e. The third-order valence-electron chi connectivity index (χ3n) is 2.65. The summed E-state index contributed by atoms with van der Waals surface area (Å²) in [6.07, 6.45) is 3.58. The number of nitrogens with one attached hydrogen (secondary N) is 1. The molecule has 3 aromatic rings. The molecule has 0 aliphatic heterocycles. The summed E-state index contributed by atoms with van der Waals surface area (Å²) in [5.41, 5.74) is 2.89. The summed E-state index contributed by atoms with van der Waals surface area (Å²) in [4.78, 5) is 8.54. The second kappa shape index (κ2) is 4.70. The van der Waals surface area contributed by atoms with Crippen LogP contribution in [-0.4, -0.2) is 14.3 Å². The molecule has 5 heteroatoms. The lowest BCUT2D eigenvalue weighted by atomic mass is 10.2. The lowest BCUT2D eigenvalue weighted by molar-refractivity contribution is 0.988. The molecule has 90 valence electrons. The molecular weight excluding hydrogens is 244 g/mol. The number of benzene rings is 1. The number of rotatable bonds is 3. The van der Waals surface area contributed by atoms with Crippen LogP contribution in [0.5, 0.6) is 0 Å². The second-order valence-electron chi connectivity index (χ2n) is 4.03. The molecule has 2 aromatic heterocycles. The van der Waals surface area contributed by atoms with E-state index in [9.17, 15) is 0 Å². The highest BCUT2D eigenvalue weighted by Crippen LogP contribution is 2.27. The van der Waals surface area contributed by atoms with Crippen LogP contribution < -0.4 is 5.32 Å². The Balaban J connectivity index is 1.79. The molecule has 0 unspecified atom stereocenters. The molecule has 18 heavy (non-hydrogen) atoms. The first kappa shape index (κ1) is 11.1. The van der Waals surface area contributed by atoms with Crippen LogP contribution in [0.4, 0.5) is 5.00 Å². The Morgan fingerprint density at radius 2 is 2.06 bits per heavy atom. The monoisotopic (exact) mass is 256 g/mol. The van der Waals surface area contributed by atoms with E-state index in [4.69, 9.17) is 0 Å². The average molecular weight is 256 g/mol. The summed E-state index contributed by atoms with van der Waals surface area (Å²) in [6, 6.07) is 8.11. The van der Waals surface area contributed by atoms with E-state index in [-0.39, 0.29) is 0 Å². The Bertz CT molecular complexity index is 660. The van der Waals surface area contributed by atoms with Gasteiger partial charge in [0.15, 0.2) is 0 Å². The predicted octanol–water partition coefficient (Wildman–Crippen LogP) is 3.01. The molecule has 4 nitrogen and oxygen atoms in total. The third-order valence-corrected chi connectivity index (χ3v) is 3.48. The Morgan fingerprint density at radius 3 is 2.89 bits per heavy atom. The van der Waals surface area contributed by atoms with Gasteiger partial charge in [-0.1, -0.05) is 12.1 Å². The van der Waals surface area contributed by atoms with Gasteiger partial charge >= 0.3 is 0 Å². The van der Waals surface area contributed by atoms with Gasteiger partial charge in [0.2, 0.25) is 0 Å². The molecule has 0 saturated heterocycles. The van der Waals surface area contributed by atoms with Crippen molar-refractivity contribution in [3.8, 4) is 0 Å². The molecule has 0 fully saturated rings. The minimum Gasteiger partial charge on any atom is -0.369 e. The van der Waals surface area contributed by atoms with Crippen molar-refractivity contribution in [2.45, 2.75) is 13.5 Å². The van der Waals surface area contributed by atoms with Crippen molar-refractivity contribution < 1.29 is 0 Å². The van der Waals surface area contributed by atoms with Crippen molar-refractivity contribution in [2.24, 2.45) is 0 Å². The van der Waals surface area contributed by atoms with Crippen LogP contribution in [0.1, 0.15) is 11.4 Å². The number of anilines is 1. The summed E-state index contributed by atoms with van der Waals surface area (Å²) in [6.45, 7) is 2.60. The molecule has 0 atom stereocenters. The fourth-order valence-electron chi connectivity index (χ4n) is 1.70. The van der Waals surface area contributed by atoms with E-state index in [0.717, 1.165) is 27.3 Å². The van der Waals surface area contributed by atoms with Crippen LogP contribution in [-0.2, 0) is 6.54 Å². The van der Waals surface area contributed by atoms with Crippen molar-refractivity contribution in [1.82, 2.24) is 14.3 Å². The molecule has 0 aliphatic carbocycles. The van der Waals surface area contributed by atoms with Crippen molar-refractivity contribution in [3.63, 3.8) is 0 Å². The lowest BCUT2D eigenvalue weighted by Crippen LogP contribution is -2.01. The molecule has 2 heterocycles. The molecule has 0 aliphatic rings. The number of hydrogen-bond acceptors (Lipinski definition) is 5. The highest BCUT2D eigenvalue weighted by molar-refractivity contribution is 7.11. The normalized spacial score (nSPS) is 10.7. The Kier molecular flexibility index (Phi) is 2.90. The van der Waals surface area contributed by atoms with Crippen molar-refractivity contribution in [2.75, 3.05) is 5.32 Å². The maximum Gasteiger partial charge on any atom is 0.117 e. The van der Waals surface area contributed by atoms with Crippen LogP contribution >= 0.6 is 11.5 Å². The van der Waals surface area contributed by atoms with Crippen LogP contribution in [0.15, 0.2) is 36.7 Å². The standard InChI is InChI=1S/C13H12N4S/c1-9-6-15-10(7-14-9)8-16-13-11-4-2-3-5-12(11)17-18-13/h2-7,16H,8H2,1H3. The molecule has 0 amide bonds. The summed E-state index contributed by atoms with van der Waals surface area (Å²) in [5, 5.41) is 5.59. The Morgan fingerprint density at radius 1 is 1.17 bits per heavy atom. The minimum absolute atomic E-state index is 0.666. The maximum absolute atomic E-state index is 4.39. The Hall–Kier alpha value is -2.01. The maximum atomic E-state index is 4.39. The smallest absolute Gasteiger partial charge is 0.117 e. The molecular formula is C13H12N4S. The van der Waals surface area contributed by atoms with Gasteiger partial charge in [-0.3, -0.25) is 9.97 Å². The first-order valence-electron chi connectivity index (χ1n) is 5.69. The van der Waals surface area contributed by atoms with Crippen molar-refractivity contribution >= 4 is 27.4 Å². The first-order valence-corrected chi connectivity index (χ1v) is 6.46. The molecule has 3 rings (SSSR count). The third kappa shape index (κ3) is 2.17. The minimum atomic E-state index is 0.666. The molecule has 0 bridgehead atoms. The van der Waals surface area contributed by atoms with E-state index in [1.165, 1.54) is 11.5 Å². The van der Waals surface area contributed by atoms with Crippen molar-refractivity contribution in [1.29, 1.82) is 0 Å².